The lowest BCUT2D eigenvalue weighted by Crippen LogP contribution is -2.61. The normalized spacial score (nSPS) is 21.5. The van der Waals surface area contributed by atoms with Crippen LogP contribution in [0.3, 0.4) is 0 Å². The number of ether oxygens (including phenoxy) is 2. The Morgan fingerprint density at radius 3 is 2.53 bits per heavy atom. The number of likely N-dealkylation sites (tertiary alicyclic amines) is 1. The van der Waals surface area contributed by atoms with Crippen LogP contribution >= 0.6 is 0 Å². The minimum Gasteiger partial charge on any atom is -0.467 e. The second-order valence-corrected chi connectivity index (χ2v) is 19.1. The van der Waals surface area contributed by atoms with Gasteiger partial charge in [-0.25, -0.2) is 9.82 Å². The van der Waals surface area contributed by atoms with Gasteiger partial charge in [0, 0.05) is 86.7 Å². The van der Waals surface area contributed by atoms with E-state index in [1.807, 2.05) is 30.3 Å². The van der Waals surface area contributed by atoms with E-state index < -0.39 is 65.4 Å². The summed E-state index contributed by atoms with van der Waals surface area (Å²) in [7, 11) is 3.09. The topological polar surface area (TPSA) is 155 Å². The number of pyridine rings is 1. The zero-order chi connectivity index (χ0) is 47.7. The molecule has 2 fully saturated rings. The zero-order valence-electron chi connectivity index (χ0n) is 39.4. The molecule has 0 bridgehead atoms. The maximum atomic E-state index is 16.6. The SMILES string of the molecule is C=CC(=O)N1C[C@H](C)[C@](F)(C(=O)N(C)[C@H](C(=O)N[C@@H](Cc2cccc(-c3ccc4c(c3)c3c(n4CC)-c4cccnc4[C@@H](OC)C3C(C)(C)COC=O)c2)C(=O)N2CCCCN2)C(C)C)C1. The summed E-state index contributed by atoms with van der Waals surface area (Å²) in [5.41, 5.74) is 7.84. The average Bonchev–Trinajstić information content (AvgIpc) is 3.82. The van der Waals surface area contributed by atoms with Crippen molar-refractivity contribution in [2.45, 2.75) is 97.1 Å². The number of carbonyl (C=O) groups excluding carboxylic acids is 5. The summed E-state index contributed by atoms with van der Waals surface area (Å²) >= 11 is 0. The highest BCUT2D eigenvalue weighted by atomic mass is 19.1. The van der Waals surface area contributed by atoms with E-state index >= 15 is 4.39 Å². The molecule has 2 aromatic heterocycles. The Bertz CT molecular complexity index is 2500. The largest absolute Gasteiger partial charge is 0.467 e. The van der Waals surface area contributed by atoms with Crippen LogP contribution in [0.1, 0.15) is 83.2 Å². The summed E-state index contributed by atoms with van der Waals surface area (Å²) in [5.74, 6) is -3.78. The molecule has 0 radical (unpaired) electrons. The average molecular weight is 906 g/mol. The van der Waals surface area contributed by atoms with Crippen LogP contribution in [-0.4, -0.2) is 119 Å². The van der Waals surface area contributed by atoms with Crippen molar-refractivity contribution in [3.63, 3.8) is 0 Å². The standard InChI is InChI=1S/C51H64FN7O7/c1-10-40(61)57-27-32(5)51(52,28-57)49(64)56(8)44(31(3)4)47(62)55-38(48(63)59-23-13-12-22-54-59)25-33-16-14-17-34(24-33)35-19-20-39-37(26-35)41-42(50(6,7)29-66-30-60)46(65-9)43-36(18-15-21-53-43)45(41)58(39)11-2/h10,14-21,24,26,30-32,38,42,44,46,54H,1,11-13,22-23,25,27-29H2,2-9H3,(H,55,62)/t32-,38-,42?,44-,46-,51-/m0/s1. The molecule has 0 spiro atoms. The summed E-state index contributed by atoms with van der Waals surface area (Å²) < 4.78 is 30.6. The van der Waals surface area contributed by atoms with Crippen LogP contribution < -0.4 is 10.7 Å². The number of alkyl halides is 1. The van der Waals surface area contributed by atoms with Crippen molar-refractivity contribution in [2.75, 3.05) is 46.9 Å². The molecule has 4 amide bonds. The first-order valence-electron chi connectivity index (χ1n) is 23.0. The first-order chi connectivity index (χ1) is 31.5. The maximum absolute atomic E-state index is 16.6. The zero-order valence-corrected chi connectivity index (χ0v) is 39.4. The molecule has 15 heteroatoms. The van der Waals surface area contributed by atoms with Gasteiger partial charge < -0.3 is 29.2 Å². The van der Waals surface area contributed by atoms with Crippen LogP contribution in [0.5, 0.6) is 0 Å². The molecule has 2 aromatic carbocycles. The Morgan fingerprint density at radius 2 is 1.86 bits per heavy atom. The number of aromatic nitrogens is 2. The molecule has 66 heavy (non-hydrogen) atoms. The first kappa shape index (κ1) is 48.0. The van der Waals surface area contributed by atoms with Crippen molar-refractivity contribution in [2.24, 2.45) is 17.3 Å². The molecule has 1 unspecified atom stereocenters. The predicted molar refractivity (Wildman–Crippen MR) is 250 cm³/mol. The van der Waals surface area contributed by atoms with Gasteiger partial charge in [0.15, 0.2) is 0 Å². The number of halogens is 1. The Kier molecular flexibility index (Phi) is 14.2. The molecule has 2 saturated heterocycles. The van der Waals surface area contributed by atoms with Crippen molar-refractivity contribution < 1.29 is 37.8 Å². The third kappa shape index (κ3) is 8.86. The lowest BCUT2D eigenvalue weighted by molar-refractivity contribution is -0.152. The van der Waals surface area contributed by atoms with Gasteiger partial charge in [0.25, 0.3) is 18.3 Å². The highest BCUT2D eigenvalue weighted by Crippen LogP contribution is 2.57. The van der Waals surface area contributed by atoms with Crippen LogP contribution in [0, 0.1) is 17.3 Å². The summed E-state index contributed by atoms with van der Waals surface area (Å²) in [6.07, 6.45) is 4.29. The number of carbonyl (C=O) groups is 5. The van der Waals surface area contributed by atoms with Crippen LogP contribution in [-0.2, 0) is 46.4 Å². The van der Waals surface area contributed by atoms with Gasteiger partial charge in [0.1, 0.15) is 18.2 Å². The smallest absolute Gasteiger partial charge is 0.293 e. The second kappa shape index (κ2) is 19.5. The third-order valence-electron chi connectivity index (χ3n) is 13.9. The Morgan fingerprint density at radius 1 is 1.11 bits per heavy atom. The van der Waals surface area contributed by atoms with E-state index in [2.05, 4.69) is 66.9 Å². The van der Waals surface area contributed by atoms with Crippen LogP contribution in [0.15, 0.2) is 73.4 Å². The fourth-order valence-corrected chi connectivity index (χ4v) is 10.6. The fraction of sp³-hybridized carbons (Fsp3) is 0.490. The van der Waals surface area contributed by atoms with Crippen LogP contribution in [0.2, 0.25) is 0 Å². The minimum absolute atomic E-state index is 0.0383. The molecule has 14 nitrogen and oxygen atoms in total. The van der Waals surface area contributed by atoms with Crippen molar-refractivity contribution in [1.29, 1.82) is 0 Å². The number of aryl methyl sites for hydroxylation is 1. The van der Waals surface area contributed by atoms with Crippen molar-refractivity contribution in [3.8, 4) is 22.4 Å². The van der Waals surface area contributed by atoms with E-state index in [4.69, 9.17) is 14.5 Å². The van der Waals surface area contributed by atoms with Gasteiger partial charge in [0.2, 0.25) is 17.5 Å². The summed E-state index contributed by atoms with van der Waals surface area (Å²) in [6.45, 7) is 16.9. The quantitative estimate of drug-likeness (QED) is 0.0963. The van der Waals surface area contributed by atoms with E-state index in [0.717, 1.165) is 73.9 Å². The number of nitrogens with one attached hydrogen (secondary N) is 2. The number of benzene rings is 2. The van der Waals surface area contributed by atoms with E-state index in [0.29, 0.717) is 26.1 Å². The molecule has 2 N–H and O–H groups in total. The number of hydrogen-bond acceptors (Lipinski definition) is 9. The van der Waals surface area contributed by atoms with E-state index in [1.54, 1.807) is 39.1 Å². The summed E-state index contributed by atoms with van der Waals surface area (Å²) in [6, 6.07) is 16.2. The number of amides is 4. The van der Waals surface area contributed by atoms with Gasteiger partial charge >= 0.3 is 0 Å². The summed E-state index contributed by atoms with van der Waals surface area (Å²) in [5, 5.41) is 5.58. The van der Waals surface area contributed by atoms with Gasteiger partial charge in [-0.3, -0.25) is 34.0 Å². The molecule has 7 rings (SSSR count). The lowest BCUT2D eigenvalue weighted by Gasteiger charge is -2.42. The molecule has 6 atom stereocenters. The van der Waals surface area contributed by atoms with Gasteiger partial charge in [-0.1, -0.05) is 71.5 Å². The molecule has 1 aliphatic carbocycles. The van der Waals surface area contributed by atoms with Gasteiger partial charge in [0.05, 0.1) is 24.5 Å². The number of nitrogens with zero attached hydrogens (tertiary/aromatic N) is 5. The van der Waals surface area contributed by atoms with Crippen molar-refractivity contribution in [1.82, 2.24) is 35.1 Å². The van der Waals surface area contributed by atoms with E-state index in [-0.39, 0.29) is 31.4 Å². The fourth-order valence-electron chi connectivity index (χ4n) is 10.6. The van der Waals surface area contributed by atoms with E-state index in [1.165, 1.54) is 11.9 Å². The molecule has 3 aliphatic rings. The number of likely N-dealkylation sites (N-methyl/N-ethyl adjacent to an activating group) is 1. The van der Waals surface area contributed by atoms with Crippen LogP contribution in [0.4, 0.5) is 4.39 Å². The van der Waals surface area contributed by atoms with Gasteiger partial charge in [-0.2, -0.15) is 0 Å². The Balaban J connectivity index is 1.23. The monoisotopic (exact) mass is 905 g/mol. The molecular formula is C51H64FN7O7. The van der Waals surface area contributed by atoms with Crippen LogP contribution in [0.25, 0.3) is 33.3 Å². The highest BCUT2D eigenvalue weighted by Gasteiger charge is 2.54. The Hall–Kier alpha value is -5.93. The number of hydrogen-bond donors (Lipinski definition) is 2. The minimum atomic E-state index is -2.41. The third-order valence-corrected chi connectivity index (χ3v) is 13.9. The first-order valence-corrected chi connectivity index (χ1v) is 23.0. The second-order valence-electron chi connectivity index (χ2n) is 19.1. The van der Waals surface area contributed by atoms with Crippen molar-refractivity contribution in [3.05, 3.63) is 90.3 Å². The lowest BCUT2D eigenvalue weighted by atomic mass is 9.67. The molecule has 352 valence electrons. The van der Waals surface area contributed by atoms with Gasteiger partial charge in [-0.05, 0) is 78.3 Å². The number of methoxy groups -OCH3 is 1. The Labute approximate surface area is 386 Å². The number of hydrazine groups is 1. The highest BCUT2D eigenvalue weighted by molar-refractivity contribution is 5.98. The molecule has 4 aromatic rings. The maximum Gasteiger partial charge on any atom is 0.293 e. The molecule has 2 aliphatic heterocycles. The molecular weight excluding hydrogens is 842 g/mol. The number of fused-ring (bicyclic) bond motifs is 5. The predicted octanol–water partition coefficient (Wildman–Crippen LogP) is 6.38. The van der Waals surface area contributed by atoms with Crippen molar-refractivity contribution >= 4 is 41.0 Å². The number of rotatable bonds is 16. The molecule has 0 saturated carbocycles. The summed E-state index contributed by atoms with van der Waals surface area (Å²) in [4.78, 5) is 73.9. The van der Waals surface area contributed by atoms with Gasteiger partial charge in [-0.15, -0.1) is 0 Å². The molecule has 4 heterocycles. The van der Waals surface area contributed by atoms with E-state index in [9.17, 15) is 24.0 Å².